The molecular weight excluding hydrogens is 244 g/mol. The Kier molecular flexibility index (Phi) is 4.76. The van der Waals surface area contributed by atoms with E-state index in [0.717, 1.165) is 5.56 Å². The number of nitrogens with zero attached hydrogens (tertiary/aromatic N) is 1. The Morgan fingerprint density at radius 3 is 2.84 bits per heavy atom. The van der Waals surface area contributed by atoms with E-state index in [1.165, 1.54) is 0 Å². The van der Waals surface area contributed by atoms with Gasteiger partial charge in [-0.1, -0.05) is 12.1 Å². The van der Waals surface area contributed by atoms with Gasteiger partial charge in [-0.15, -0.1) is 0 Å². The molecule has 5 heteroatoms. The fourth-order valence-corrected chi connectivity index (χ4v) is 2.05. The summed E-state index contributed by atoms with van der Waals surface area (Å²) >= 11 is 0. The molecule has 1 aromatic carbocycles. The van der Waals surface area contributed by atoms with Gasteiger partial charge in [0.2, 0.25) is 0 Å². The molecule has 2 N–H and O–H groups in total. The lowest BCUT2D eigenvalue weighted by Crippen LogP contribution is -2.48. The van der Waals surface area contributed by atoms with Crippen LogP contribution in [0.4, 0.5) is 0 Å². The fourth-order valence-electron chi connectivity index (χ4n) is 2.05. The van der Waals surface area contributed by atoms with Gasteiger partial charge >= 0.3 is 0 Å². The van der Waals surface area contributed by atoms with Gasteiger partial charge in [0.25, 0.3) is 5.91 Å². The largest absolute Gasteiger partial charge is 0.484 e. The minimum Gasteiger partial charge on any atom is -0.484 e. The van der Waals surface area contributed by atoms with Crippen LogP contribution in [0.15, 0.2) is 24.3 Å². The van der Waals surface area contributed by atoms with Crippen molar-refractivity contribution in [1.29, 1.82) is 0 Å². The molecule has 104 valence electrons. The first-order valence-electron chi connectivity index (χ1n) is 6.49. The highest BCUT2D eigenvalue weighted by Gasteiger charge is 2.23. The molecule has 0 bridgehead atoms. The first-order chi connectivity index (χ1) is 9.20. The maximum absolute atomic E-state index is 12.0. The van der Waals surface area contributed by atoms with Crippen LogP contribution < -0.4 is 10.5 Å². The van der Waals surface area contributed by atoms with Crippen LogP contribution in [0.25, 0.3) is 0 Å². The summed E-state index contributed by atoms with van der Waals surface area (Å²) in [4.78, 5) is 13.8. The molecule has 0 radical (unpaired) electrons. The summed E-state index contributed by atoms with van der Waals surface area (Å²) in [5.74, 6) is 0.685. The molecule has 0 aliphatic carbocycles. The number of benzene rings is 1. The van der Waals surface area contributed by atoms with Crippen molar-refractivity contribution in [1.82, 2.24) is 4.90 Å². The second-order valence-electron chi connectivity index (χ2n) is 4.65. The van der Waals surface area contributed by atoms with Crippen LogP contribution >= 0.6 is 0 Å². The number of carbonyl (C=O) groups is 1. The third-order valence-electron chi connectivity index (χ3n) is 3.21. The van der Waals surface area contributed by atoms with Crippen molar-refractivity contribution < 1.29 is 14.3 Å². The summed E-state index contributed by atoms with van der Waals surface area (Å²) in [5.41, 5.74) is 6.56. The van der Waals surface area contributed by atoms with Gasteiger partial charge in [0, 0.05) is 13.1 Å². The van der Waals surface area contributed by atoms with Crippen molar-refractivity contribution in [3.63, 3.8) is 0 Å². The highest BCUT2D eigenvalue weighted by Crippen LogP contribution is 2.13. The normalized spacial score (nSPS) is 19.3. The number of nitrogens with two attached hydrogens (primary N) is 1. The SMILES string of the molecule is CC1COCCN1C(=O)COc1ccc(CN)cc1. The molecule has 0 saturated carbocycles. The van der Waals surface area contributed by atoms with Crippen molar-refractivity contribution in [3.8, 4) is 5.75 Å². The van der Waals surface area contributed by atoms with Gasteiger partial charge in [0.15, 0.2) is 6.61 Å². The van der Waals surface area contributed by atoms with Gasteiger partial charge in [-0.2, -0.15) is 0 Å². The smallest absolute Gasteiger partial charge is 0.260 e. The molecule has 1 saturated heterocycles. The van der Waals surface area contributed by atoms with Crippen LogP contribution in [0.2, 0.25) is 0 Å². The molecular formula is C14H20N2O3. The van der Waals surface area contributed by atoms with Gasteiger partial charge in [0.05, 0.1) is 19.3 Å². The molecule has 1 aromatic rings. The first kappa shape index (κ1) is 13.8. The van der Waals surface area contributed by atoms with Crippen LogP contribution in [-0.4, -0.2) is 43.2 Å². The average molecular weight is 264 g/mol. The number of hydrogen-bond acceptors (Lipinski definition) is 4. The van der Waals surface area contributed by atoms with Crippen LogP contribution in [0.3, 0.4) is 0 Å². The Hall–Kier alpha value is -1.59. The summed E-state index contributed by atoms with van der Waals surface area (Å²) in [7, 11) is 0. The quantitative estimate of drug-likeness (QED) is 0.872. The zero-order valence-corrected chi connectivity index (χ0v) is 11.2. The highest BCUT2D eigenvalue weighted by molar-refractivity contribution is 5.78. The van der Waals surface area contributed by atoms with Gasteiger partial charge in [-0.05, 0) is 24.6 Å². The molecule has 0 spiro atoms. The molecule has 1 fully saturated rings. The molecule has 1 atom stereocenters. The van der Waals surface area contributed by atoms with Crippen LogP contribution in [0.1, 0.15) is 12.5 Å². The van der Waals surface area contributed by atoms with Gasteiger partial charge in [0.1, 0.15) is 5.75 Å². The van der Waals surface area contributed by atoms with Crippen molar-refractivity contribution >= 4 is 5.91 Å². The third-order valence-corrected chi connectivity index (χ3v) is 3.21. The number of ether oxygens (including phenoxy) is 2. The molecule has 1 aliphatic heterocycles. The summed E-state index contributed by atoms with van der Waals surface area (Å²) in [6, 6.07) is 7.58. The zero-order chi connectivity index (χ0) is 13.7. The van der Waals surface area contributed by atoms with Crippen molar-refractivity contribution in [2.24, 2.45) is 5.73 Å². The summed E-state index contributed by atoms with van der Waals surface area (Å²) in [6.45, 7) is 4.37. The average Bonchev–Trinajstić information content (AvgIpc) is 2.46. The Bertz CT molecular complexity index is 419. The van der Waals surface area contributed by atoms with Crippen LogP contribution in [0.5, 0.6) is 5.75 Å². The lowest BCUT2D eigenvalue weighted by molar-refractivity contribution is -0.141. The van der Waals surface area contributed by atoms with Crippen molar-refractivity contribution in [2.45, 2.75) is 19.5 Å². The lowest BCUT2D eigenvalue weighted by atomic mass is 10.2. The Morgan fingerprint density at radius 1 is 1.47 bits per heavy atom. The second kappa shape index (κ2) is 6.54. The third kappa shape index (κ3) is 3.68. The minimum atomic E-state index is -0.00120. The van der Waals surface area contributed by atoms with Crippen molar-refractivity contribution in [2.75, 3.05) is 26.4 Å². The molecule has 19 heavy (non-hydrogen) atoms. The molecule has 1 heterocycles. The minimum absolute atomic E-state index is 0.00120. The Morgan fingerprint density at radius 2 is 2.21 bits per heavy atom. The first-order valence-corrected chi connectivity index (χ1v) is 6.49. The van der Waals surface area contributed by atoms with Gasteiger partial charge in [-0.3, -0.25) is 4.79 Å². The highest BCUT2D eigenvalue weighted by atomic mass is 16.5. The molecule has 1 unspecified atom stereocenters. The monoisotopic (exact) mass is 264 g/mol. The number of morpholine rings is 1. The second-order valence-corrected chi connectivity index (χ2v) is 4.65. The Labute approximate surface area is 113 Å². The van der Waals surface area contributed by atoms with Crippen LogP contribution in [0, 0.1) is 0 Å². The number of amides is 1. The van der Waals surface area contributed by atoms with Crippen molar-refractivity contribution in [3.05, 3.63) is 29.8 Å². The van der Waals surface area contributed by atoms with Crippen LogP contribution in [-0.2, 0) is 16.1 Å². The Balaban J connectivity index is 1.85. The van der Waals surface area contributed by atoms with E-state index in [1.807, 2.05) is 31.2 Å². The molecule has 5 nitrogen and oxygen atoms in total. The summed E-state index contributed by atoms with van der Waals surface area (Å²) in [6.07, 6.45) is 0. The van der Waals surface area contributed by atoms with E-state index in [1.54, 1.807) is 4.90 Å². The van der Waals surface area contributed by atoms with E-state index >= 15 is 0 Å². The molecule has 1 aliphatic rings. The summed E-state index contributed by atoms with van der Waals surface area (Å²) < 4.78 is 10.8. The number of carbonyl (C=O) groups excluding carboxylic acids is 1. The lowest BCUT2D eigenvalue weighted by Gasteiger charge is -2.33. The van der Waals surface area contributed by atoms with E-state index in [0.29, 0.717) is 32.1 Å². The number of hydrogen-bond donors (Lipinski definition) is 1. The maximum atomic E-state index is 12.0. The predicted octanol–water partition coefficient (Wildman–Crippen LogP) is 0.771. The zero-order valence-electron chi connectivity index (χ0n) is 11.2. The van der Waals surface area contributed by atoms with Gasteiger partial charge in [-0.25, -0.2) is 0 Å². The standard InChI is InChI=1S/C14H20N2O3/c1-11-9-18-7-6-16(11)14(17)10-19-13-4-2-12(8-15)3-5-13/h2-5,11H,6-10,15H2,1H3. The predicted molar refractivity (Wildman–Crippen MR) is 71.8 cm³/mol. The van der Waals surface area contributed by atoms with E-state index in [2.05, 4.69) is 0 Å². The number of rotatable bonds is 4. The maximum Gasteiger partial charge on any atom is 0.260 e. The van der Waals surface area contributed by atoms with E-state index in [4.69, 9.17) is 15.2 Å². The van der Waals surface area contributed by atoms with E-state index in [9.17, 15) is 4.79 Å². The molecule has 1 amide bonds. The summed E-state index contributed by atoms with van der Waals surface area (Å²) in [5, 5.41) is 0. The van der Waals surface area contributed by atoms with E-state index < -0.39 is 0 Å². The molecule has 2 rings (SSSR count). The molecule has 0 aromatic heterocycles. The fraction of sp³-hybridized carbons (Fsp3) is 0.500. The van der Waals surface area contributed by atoms with Gasteiger partial charge < -0.3 is 20.1 Å². The topological polar surface area (TPSA) is 64.8 Å². The van der Waals surface area contributed by atoms with E-state index in [-0.39, 0.29) is 18.6 Å².